The van der Waals surface area contributed by atoms with Crippen LogP contribution in [0.15, 0.2) is 400 Å². The van der Waals surface area contributed by atoms with Gasteiger partial charge >= 0.3 is 0 Å². The van der Waals surface area contributed by atoms with Crippen LogP contribution in [0.5, 0.6) is 0 Å². The second-order valence-electron chi connectivity index (χ2n) is 31.1. The summed E-state index contributed by atoms with van der Waals surface area (Å²) in [7, 11) is 0. The first-order chi connectivity index (χ1) is 57.6. The Balaban J connectivity index is 0.796. The van der Waals surface area contributed by atoms with Crippen LogP contribution in [-0.2, 0) is 0 Å². The molecule has 8 aromatic heterocycles. The SMILES string of the molecule is c1ccc2c(c1)c1ccccc1n2-c1cccc2c1c1ccccc1n2-c1cc(-c2cc(-n3c4ccccc4c4c(-n5c6ccccc6c6ccccc65)cccc43)cc(-n3c4ccccc4c4c(-n5c6ccccc6c6ccccc65)cccc43)c2)cc(-n2c3ccccc3c3c(-n4c5ccccc5c5ccccc54)cccc32)c1. The van der Waals surface area contributed by atoms with Crippen molar-refractivity contribution in [2.45, 2.75) is 0 Å². The highest BCUT2D eigenvalue weighted by Gasteiger charge is 2.28. The molecule has 538 valence electrons. The molecule has 0 atom stereocenters. The first kappa shape index (κ1) is 63.0. The van der Waals surface area contributed by atoms with Crippen molar-refractivity contribution in [2.75, 3.05) is 0 Å². The smallest absolute Gasteiger partial charge is 0.0562 e. The average Bonchev–Trinajstić information content (AvgIpc) is 1.54. The highest BCUT2D eigenvalue weighted by atomic mass is 15.1. The molecule has 0 N–H and O–H groups in total. The van der Waals surface area contributed by atoms with Crippen molar-refractivity contribution in [2.24, 2.45) is 0 Å². The van der Waals surface area contributed by atoms with Crippen LogP contribution in [0.1, 0.15) is 0 Å². The van der Waals surface area contributed by atoms with Gasteiger partial charge in [-0.15, -0.1) is 0 Å². The van der Waals surface area contributed by atoms with E-state index in [2.05, 4.69) is 437 Å². The molecule has 0 unspecified atom stereocenters. The molecular formula is C108H66N8. The van der Waals surface area contributed by atoms with Crippen molar-refractivity contribution < 1.29 is 0 Å². The Morgan fingerprint density at radius 3 is 0.440 bits per heavy atom. The lowest BCUT2D eigenvalue weighted by Gasteiger charge is -2.19. The number of benzene rings is 18. The fourth-order valence-corrected chi connectivity index (χ4v) is 20.6. The van der Waals surface area contributed by atoms with E-state index in [0.29, 0.717) is 0 Å². The van der Waals surface area contributed by atoms with Crippen LogP contribution >= 0.6 is 0 Å². The molecule has 0 aliphatic rings. The van der Waals surface area contributed by atoms with Gasteiger partial charge in [0.15, 0.2) is 0 Å². The molecule has 0 aliphatic heterocycles. The Hall–Kier alpha value is -15.6. The van der Waals surface area contributed by atoms with E-state index in [1.54, 1.807) is 0 Å². The number of nitrogens with zero attached hydrogens (tertiary/aromatic N) is 8. The van der Waals surface area contributed by atoms with Gasteiger partial charge < -0.3 is 36.5 Å². The number of hydrogen-bond acceptors (Lipinski definition) is 0. The number of rotatable bonds is 9. The monoisotopic (exact) mass is 1470 g/mol. The number of para-hydroxylation sites is 12. The summed E-state index contributed by atoms with van der Waals surface area (Å²) < 4.78 is 20.2. The molecule has 0 saturated carbocycles. The highest BCUT2D eigenvalue weighted by Crippen LogP contribution is 2.49. The summed E-state index contributed by atoms with van der Waals surface area (Å²) in [6.07, 6.45) is 0. The summed E-state index contributed by atoms with van der Waals surface area (Å²) in [5.74, 6) is 0. The normalized spacial score (nSPS) is 12.3. The standard InChI is InChI=1S/C108H66N8/c1-13-41-85-73(29-1)74-30-2-14-42-86(74)113(85)101-57-25-53-97-105(101)81-37-9-21-49-93(81)109(97)69-61-67(62-70(65-69)110-94-50-22-10-38-82(94)106-98(110)54-26-58-102(106)114-87-43-15-3-31-75(87)76-32-4-16-44-88(76)114)68-63-71(111-95-51-23-11-39-83(95)107-99(111)55-27-59-103(107)115-89-45-17-5-33-77(89)78-34-6-18-46-90(78)115)66-72(64-68)112-96-52-24-12-40-84(96)108-100(112)56-28-60-104(108)116-91-47-19-7-35-79(91)80-36-8-20-48-92(80)116/h1-66H. The molecule has 0 saturated heterocycles. The zero-order valence-corrected chi connectivity index (χ0v) is 62.7. The van der Waals surface area contributed by atoms with E-state index in [0.717, 1.165) is 101 Å². The maximum Gasteiger partial charge on any atom is 0.0562 e. The van der Waals surface area contributed by atoms with Gasteiger partial charge in [0.2, 0.25) is 0 Å². The quantitative estimate of drug-likeness (QED) is 0.138. The van der Waals surface area contributed by atoms with Gasteiger partial charge in [0.05, 0.1) is 111 Å². The van der Waals surface area contributed by atoms with Crippen molar-refractivity contribution in [3.63, 3.8) is 0 Å². The first-order valence-corrected chi connectivity index (χ1v) is 40.0. The minimum Gasteiger partial charge on any atom is -0.309 e. The van der Waals surface area contributed by atoms with Gasteiger partial charge in [-0.05, 0) is 169 Å². The Morgan fingerprint density at radius 1 is 0.112 bits per heavy atom. The summed E-state index contributed by atoms with van der Waals surface area (Å²) in [5.41, 5.74) is 28.9. The zero-order chi connectivity index (χ0) is 75.5. The van der Waals surface area contributed by atoms with Crippen molar-refractivity contribution in [3.8, 4) is 56.6 Å². The van der Waals surface area contributed by atoms with E-state index in [-0.39, 0.29) is 0 Å². The van der Waals surface area contributed by atoms with Crippen molar-refractivity contribution in [1.29, 1.82) is 0 Å². The maximum absolute atomic E-state index is 2.55. The summed E-state index contributed by atoms with van der Waals surface area (Å²) >= 11 is 0. The van der Waals surface area contributed by atoms with Crippen molar-refractivity contribution >= 4 is 174 Å². The van der Waals surface area contributed by atoms with Gasteiger partial charge in [-0.1, -0.05) is 243 Å². The van der Waals surface area contributed by atoms with E-state index in [9.17, 15) is 0 Å². The fraction of sp³-hybridized carbons (Fsp3) is 0. The number of hydrogen-bond donors (Lipinski definition) is 0. The van der Waals surface area contributed by atoms with E-state index < -0.39 is 0 Å². The van der Waals surface area contributed by atoms with Crippen LogP contribution in [0.25, 0.3) is 231 Å². The van der Waals surface area contributed by atoms with Crippen LogP contribution in [0.3, 0.4) is 0 Å². The van der Waals surface area contributed by atoms with Gasteiger partial charge in [-0.3, -0.25) is 0 Å². The number of aromatic nitrogens is 8. The minimum atomic E-state index is 1.03. The lowest BCUT2D eigenvalue weighted by molar-refractivity contribution is 1.12. The Labute approximate surface area is 663 Å². The first-order valence-electron chi connectivity index (χ1n) is 40.0. The molecule has 0 amide bonds. The van der Waals surface area contributed by atoms with Crippen LogP contribution < -0.4 is 0 Å². The molecule has 0 radical (unpaired) electrons. The van der Waals surface area contributed by atoms with Gasteiger partial charge in [0, 0.05) is 109 Å². The summed E-state index contributed by atoms with van der Waals surface area (Å²) in [4.78, 5) is 0. The predicted molar refractivity (Wildman–Crippen MR) is 487 cm³/mol. The Morgan fingerprint density at radius 2 is 0.259 bits per heavy atom. The van der Waals surface area contributed by atoms with E-state index in [4.69, 9.17) is 0 Å². The lowest BCUT2D eigenvalue weighted by atomic mass is 10.0. The molecule has 116 heavy (non-hydrogen) atoms. The molecular weight excluding hydrogens is 1410 g/mol. The lowest BCUT2D eigenvalue weighted by Crippen LogP contribution is -2.03. The van der Waals surface area contributed by atoms with Crippen molar-refractivity contribution in [1.82, 2.24) is 36.5 Å². The van der Waals surface area contributed by atoms with Gasteiger partial charge in [-0.2, -0.15) is 0 Å². The largest absolute Gasteiger partial charge is 0.309 e. The van der Waals surface area contributed by atoms with E-state index >= 15 is 0 Å². The van der Waals surface area contributed by atoms with E-state index in [1.165, 1.54) is 130 Å². The highest BCUT2D eigenvalue weighted by molar-refractivity contribution is 6.22. The molecule has 26 rings (SSSR count). The van der Waals surface area contributed by atoms with Crippen molar-refractivity contribution in [3.05, 3.63) is 400 Å². The molecule has 8 heterocycles. The average molecular weight is 1480 g/mol. The molecule has 26 aromatic rings. The maximum atomic E-state index is 2.55. The van der Waals surface area contributed by atoms with Gasteiger partial charge in [0.25, 0.3) is 0 Å². The molecule has 0 bridgehead atoms. The van der Waals surface area contributed by atoms with E-state index in [1.807, 2.05) is 0 Å². The molecule has 8 nitrogen and oxygen atoms in total. The summed E-state index contributed by atoms with van der Waals surface area (Å²) in [5, 5.41) is 19.2. The minimum absolute atomic E-state index is 1.03. The second-order valence-corrected chi connectivity index (χ2v) is 31.1. The summed E-state index contributed by atoms with van der Waals surface area (Å²) in [6, 6.07) is 150. The predicted octanol–water partition coefficient (Wildman–Crippen LogP) is 28.1. The molecule has 8 heteroatoms. The number of fused-ring (bicyclic) bond motifs is 24. The van der Waals surface area contributed by atoms with Crippen LogP contribution in [0.4, 0.5) is 0 Å². The van der Waals surface area contributed by atoms with Gasteiger partial charge in [0.1, 0.15) is 0 Å². The molecule has 0 fully saturated rings. The third-order valence-electron chi connectivity index (χ3n) is 25.2. The third-order valence-corrected chi connectivity index (χ3v) is 25.2. The second kappa shape index (κ2) is 23.9. The molecule has 0 aliphatic carbocycles. The Kier molecular flexibility index (Phi) is 13.0. The Bertz CT molecular complexity index is 7530. The molecule has 0 spiro atoms. The van der Waals surface area contributed by atoms with Crippen LogP contribution in [-0.4, -0.2) is 36.5 Å². The fourth-order valence-electron chi connectivity index (χ4n) is 20.6. The van der Waals surface area contributed by atoms with Crippen LogP contribution in [0.2, 0.25) is 0 Å². The summed E-state index contributed by atoms with van der Waals surface area (Å²) in [6.45, 7) is 0. The zero-order valence-electron chi connectivity index (χ0n) is 62.7. The van der Waals surface area contributed by atoms with Gasteiger partial charge in [-0.25, -0.2) is 0 Å². The van der Waals surface area contributed by atoms with Crippen LogP contribution in [0, 0.1) is 0 Å². The third kappa shape index (κ3) is 8.65. The molecule has 18 aromatic carbocycles. The topological polar surface area (TPSA) is 39.4 Å².